The molecule has 0 fully saturated rings. The van der Waals surface area contributed by atoms with Crippen LogP contribution in [0.4, 0.5) is 0 Å². The Morgan fingerprint density at radius 2 is 1.58 bits per heavy atom. The van der Waals surface area contributed by atoms with E-state index in [9.17, 15) is 0 Å². The molecule has 0 bridgehead atoms. The summed E-state index contributed by atoms with van der Waals surface area (Å²) in [6.07, 6.45) is 2.11. The van der Waals surface area contributed by atoms with E-state index in [1.54, 1.807) is 0 Å². The molecule has 0 aliphatic carbocycles. The van der Waals surface area contributed by atoms with Gasteiger partial charge < -0.3 is 4.74 Å². The molecule has 2 nitrogen and oxygen atoms in total. The van der Waals surface area contributed by atoms with Gasteiger partial charge in [-0.2, -0.15) is 0 Å². The molecule has 2 heteroatoms. The molecule has 0 unspecified atom stereocenters. The van der Waals surface area contributed by atoms with Crippen molar-refractivity contribution in [3.63, 3.8) is 0 Å². The topological polar surface area (TPSA) is 22.1 Å². The zero-order chi connectivity index (χ0) is 22.8. The minimum absolute atomic E-state index is 0.104. The van der Waals surface area contributed by atoms with Crippen LogP contribution in [-0.4, -0.2) is 4.98 Å². The van der Waals surface area contributed by atoms with Crippen LogP contribution in [-0.2, 0) is 12.8 Å². The van der Waals surface area contributed by atoms with Gasteiger partial charge in [-0.25, -0.2) is 0 Å². The van der Waals surface area contributed by atoms with Crippen molar-refractivity contribution in [3.8, 4) is 22.8 Å². The third kappa shape index (κ3) is 3.59. The molecule has 1 aromatic heterocycles. The van der Waals surface area contributed by atoms with Gasteiger partial charge in [-0.1, -0.05) is 77.9 Å². The van der Waals surface area contributed by atoms with Gasteiger partial charge in [-0.3, -0.25) is 4.98 Å². The van der Waals surface area contributed by atoms with Crippen molar-refractivity contribution in [1.29, 1.82) is 0 Å². The average molecular weight is 411 g/mol. The number of nitrogens with zero attached hydrogens (tertiary/aromatic N) is 1. The van der Waals surface area contributed by atoms with Crippen LogP contribution in [0.3, 0.4) is 0 Å². The summed E-state index contributed by atoms with van der Waals surface area (Å²) in [5, 5.41) is 4.47. The number of benzene rings is 3. The molecule has 1 aliphatic rings. The van der Waals surface area contributed by atoms with Crippen molar-refractivity contribution >= 4 is 21.5 Å². The van der Waals surface area contributed by atoms with Gasteiger partial charge in [0.25, 0.3) is 0 Å². The maximum atomic E-state index is 8.36. The van der Waals surface area contributed by atoms with E-state index < -0.39 is 0 Å². The molecule has 0 atom stereocenters. The van der Waals surface area contributed by atoms with Gasteiger partial charge in [-0.05, 0) is 57.5 Å². The number of hydrogen-bond donors (Lipinski definition) is 0. The minimum Gasteiger partial charge on any atom is -0.455 e. The smallest absolute Gasteiger partial charge is 0.140 e. The number of aromatic nitrogens is 1. The van der Waals surface area contributed by atoms with Crippen molar-refractivity contribution in [2.45, 2.75) is 54.4 Å². The zero-order valence-corrected chi connectivity index (χ0v) is 19.4. The Labute approximate surface area is 186 Å². The van der Waals surface area contributed by atoms with E-state index in [1.807, 2.05) is 6.07 Å². The summed E-state index contributed by atoms with van der Waals surface area (Å²) >= 11 is 0. The fourth-order valence-corrected chi connectivity index (χ4v) is 4.75. The minimum atomic E-state index is 0.104. The Bertz CT molecular complexity index is 1370. The van der Waals surface area contributed by atoms with E-state index in [2.05, 4.69) is 84.0 Å². The molecule has 31 heavy (non-hydrogen) atoms. The summed E-state index contributed by atoms with van der Waals surface area (Å²) in [4.78, 5) is 4.74. The van der Waals surface area contributed by atoms with Crippen LogP contribution in [0.1, 0.15) is 54.0 Å². The predicted molar refractivity (Wildman–Crippen MR) is 131 cm³/mol. The van der Waals surface area contributed by atoms with E-state index in [0.29, 0.717) is 6.17 Å². The lowest BCUT2D eigenvalue weighted by molar-refractivity contribution is 0.389. The van der Waals surface area contributed by atoms with Gasteiger partial charge in [0.2, 0.25) is 0 Å². The molecule has 0 radical (unpaired) electrons. The number of ether oxygens (including phenoxy) is 1. The quantitative estimate of drug-likeness (QED) is 0.292. The molecule has 0 saturated heterocycles. The highest BCUT2D eigenvalue weighted by Gasteiger charge is 2.29. The van der Waals surface area contributed by atoms with Crippen LogP contribution in [0.25, 0.3) is 32.8 Å². The van der Waals surface area contributed by atoms with Gasteiger partial charge in [0.15, 0.2) is 0 Å². The zero-order valence-electron chi connectivity index (χ0n) is 20.4. The first-order valence-electron chi connectivity index (χ1n) is 11.7. The second-order valence-electron chi connectivity index (χ2n) is 11.3. The molecule has 0 saturated carbocycles. The normalized spacial score (nSPS) is 13.8. The summed E-state index contributed by atoms with van der Waals surface area (Å²) in [6, 6.07) is 16.9. The molecule has 0 spiro atoms. The van der Waals surface area contributed by atoms with Gasteiger partial charge in [0.1, 0.15) is 11.5 Å². The fourth-order valence-electron chi connectivity index (χ4n) is 4.75. The maximum Gasteiger partial charge on any atom is 0.140 e. The summed E-state index contributed by atoms with van der Waals surface area (Å²) in [7, 11) is 0. The predicted octanol–water partition coefficient (Wildman–Crippen LogP) is 8.34. The van der Waals surface area contributed by atoms with Crippen molar-refractivity contribution in [1.82, 2.24) is 4.98 Å². The average Bonchev–Trinajstić information content (AvgIpc) is 2.68. The molecular weight excluding hydrogens is 378 g/mol. The number of rotatable bonds is 2. The Kier molecular flexibility index (Phi) is 4.15. The first-order valence-corrected chi connectivity index (χ1v) is 11.2. The van der Waals surface area contributed by atoms with E-state index in [0.717, 1.165) is 46.4 Å². The second kappa shape index (κ2) is 6.82. The van der Waals surface area contributed by atoms with Crippen molar-refractivity contribution in [3.05, 3.63) is 65.8 Å². The third-order valence-electron chi connectivity index (χ3n) is 5.90. The third-order valence-corrected chi connectivity index (χ3v) is 5.90. The van der Waals surface area contributed by atoms with E-state index in [4.69, 9.17) is 11.1 Å². The van der Waals surface area contributed by atoms with Crippen LogP contribution >= 0.6 is 0 Å². The van der Waals surface area contributed by atoms with Crippen LogP contribution in [0, 0.1) is 10.8 Å². The van der Waals surface area contributed by atoms with Crippen LogP contribution in [0.5, 0.6) is 11.5 Å². The van der Waals surface area contributed by atoms with Crippen molar-refractivity contribution in [2.75, 3.05) is 0 Å². The molecule has 5 rings (SSSR count). The lowest BCUT2D eigenvalue weighted by Gasteiger charge is -2.29. The molecule has 158 valence electrons. The summed E-state index contributed by atoms with van der Waals surface area (Å²) in [5.41, 5.74) is 4.54. The van der Waals surface area contributed by atoms with E-state index in [1.165, 1.54) is 21.9 Å². The molecule has 2 heterocycles. The lowest BCUT2D eigenvalue weighted by Crippen LogP contribution is -2.14. The Morgan fingerprint density at radius 1 is 0.839 bits per heavy atom. The Hall–Kier alpha value is -2.87. The molecule has 3 aromatic carbocycles. The summed E-state index contributed by atoms with van der Waals surface area (Å²) < 4.78 is 15.2. The van der Waals surface area contributed by atoms with E-state index in [-0.39, 0.29) is 10.8 Å². The molecular formula is C29H31NO. The summed E-state index contributed by atoms with van der Waals surface area (Å²) in [6.45, 7) is 13.6. The largest absolute Gasteiger partial charge is 0.455 e. The first kappa shape index (κ1) is 18.9. The van der Waals surface area contributed by atoms with Gasteiger partial charge >= 0.3 is 0 Å². The van der Waals surface area contributed by atoms with Gasteiger partial charge in [0.05, 0.1) is 12.5 Å². The highest BCUT2D eigenvalue weighted by molar-refractivity contribution is 6.06. The van der Waals surface area contributed by atoms with Crippen LogP contribution < -0.4 is 4.74 Å². The highest BCUT2D eigenvalue weighted by atomic mass is 16.5. The first-order chi connectivity index (χ1) is 15.0. The standard InChI is InChI=1S/C29H31NO/c1-28(2,3)16-20-12-11-18-13-14-30-25-22-15-19-9-7-8-10-21(19)23(17-29(4,5)6)27(22)31-26(20)24(18)25/h7-15H,16-17H2,1-6H3/i14D. The molecule has 4 aromatic rings. The summed E-state index contributed by atoms with van der Waals surface area (Å²) in [5.74, 6) is 1.82. The fraction of sp³-hybridized carbons (Fsp3) is 0.345. The molecule has 0 N–H and O–H groups in total. The SMILES string of the molecule is [2H]c1cc2ccc(CC(C)(C)C)c3c2c(n1)-c1cc2ccccc2c(CC(C)(C)C)c1O3. The number of hydrogen-bond acceptors (Lipinski definition) is 2. The number of fused-ring (bicyclic) bond motifs is 3. The maximum absolute atomic E-state index is 8.36. The highest BCUT2D eigenvalue weighted by Crippen LogP contribution is 2.51. The van der Waals surface area contributed by atoms with Crippen molar-refractivity contribution < 1.29 is 6.11 Å². The van der Waals surface area contributed by atoms with Gasteiger partial charge in [0, 0.05) is 17.3 Å². The number of pyridine rings is 1. The Balaban J connectivity index is 1.88. The lowest BCUT2D eigenvalue weighted by atomic mass is 9.82. The molecule has 0 amide bonds. The van der Waals surface area contributed by atoms with E-state index >= 15 is 0 Å². The monoisotopic (exact) mass is 410 g/mol. The second-order valence-corrected chi connectivity index (χ2v) is 11.3. The van der Waals surface area contributed by atoms with Gasteiger partial charge in [-0.15, -0.1) is 0 Å². The Morgan fingerprint density at radius 3 is 2.32 bits per heavy atom. The van der Waals surface area contributed by atoms with Crippen molar-refractivity contribution in [2.24, 2.45) is 10.8 Å². The van der Waals surface area contributed by atoms with Crippen LogP contribution in [0.2, 0.25) is 0 Å². The van der Waals surface area contributed by atoms with Crippen LogP contribution in [0.15, 0.2) is 54.7 Å². The molecule has 1 aliphatic heterocycles.